The Labute approximate surface area is 513 Å². The molecule has 3 spiro atoms. The molecule has 3 N–H and O–H groups in total. The summed E-state index contributed by atoms with van der Waals surface area (Å²) in [4.78, 5) is 92.8. The van der Waals surface area contributed by atoms with E-state index in [0.717, 1.165) is 159 Å². The molecular weight excluding hydrogens is 1120 g/mol. The second-order valence-electron chi connectivity index (χ2n) is 27.1. The number of aromatic nitrogens is 3. The number of carbonyl (C=O) groups is 6. The fourth-order valence-corrected chi connectivity index (χ4v) is 14.3. The summed E-state index contributed by atoms with van der Waals surface area (Å²) >= 11 is 0. The van der Waals surface area contributed by atoms with E-state index in [9.17, 15) is 28.8 Å². The van der Waals surface area contributed by atoms with Crippen LogP contribution in [0.2, 0.25) is 0 Å². The van der Waals surface area contributed by atoms with Gasteiger partial charge in [-0.2, -0.15) is 0 Å². The Morgan fingerprint density at radius 1 is 0.534 bits per heavy atom. The summed E-state index contributed by atoms with van der Waals surface area (Å²) in [5.74, 6) is 3.02. The van der Waals surface area contributed by atoms with Gasteiger partial charge >= 0.3 is 0 Å². The number of pyridine rings is 3. The Kier molecular flexibility index (Phi) is 18.1. The van der Waals surface area contributed by atoms with E-state index < -0.39 is 0 Å². The van der Waals surface area contributed by atoms with Crippen molar-refractivity contribution >= 4 is 68.4 Å². The maximum atomic E-state index is 12.6. The second-order valence-corrected chi connectivity index (χ2v) is 27.1. The van der Waals surface area contributed by atoms with Crippen molar-refractivity contribution in [3.05, 3.63) is 90.9 Å². The molecule has 8 aliphatic rings. The minimum atomic E-state index is -0.303. The average molecular weight is 1210 g/mol. The highest BCUT2D eigenvalue weighted by molar-refractivity contribution is 5.97. The predicted molar refractivity (Wildman–Crippen MR) is 326 cm³/mol. The Balaban J connectivity index is 0.000000129. The first-order valence-electron chi connectivity index (χ1n) is 32.0. The number of ether oxygens (including phenoxy) is 3. The summed E-state index contributed by atoms with van der Waals surface area (Å²) in [5.41, 5.74) is 2.44. The Hall–Kier alpha value is -7.23. The second kappa shape index (κ2) is 26.1. The van der Waals surface area contributed by atoms with Crippen molar-refractivity contribution in [2.24, 2.45) is 39.9 Å². The van der Waals surface area contributed by atoms with Gasteiger partial charge in [-0.1, -0.05) is 0 Å². The molecule has 0 bridgehead atoms. The molecule has 6 amide bonds. The first-order chi connectivity index (χ1) is 42.5. The highest BCUT2D eigenvalue weighted by atomic mass is 16.5. The molecule has 3 aliphatic carbocycles. The lowest BCUT2D eigenvalue weighted by molar-refractivity contribution is -0.142. The van der Waals surface area contributed by atoms with E-state index in [0.29, 0.717) is 107 Å². The Morgan fingerprint density at radius 3 is 1.28 bits per heavy atom. The molecule has 470 valence electrons. The molecule has 4 atom stereocenters. The first kappa shape index (κ1) is 61.0. The minimum absolute atomic E-state index is 0.0691. The molecule has 0 aromatic carbocycles. The maximum absolute atomic E-state index is 12.6. The van der Waals surface area contributed by atoms with Crippen molar-refractivity contribution in [3.8, 4) is 0 Å². The molecule has 6 aromatic heterocycles. The molecule has 21 nitrogen and oxygen atoms in total. The van der Waals surface area contributed by atoms with Crippen LogP contribution in [-0.2, 0) is 28.6 Å². The highest BCUT2D eigenvalue weighted by Gasteiger charge is 2.57. The zero-order chi connectivity index (χ0) is 61.0. The Bertz CT molecular complexity index is 3360. The van der Waals surface area contributed by atoms with Crippen molar-refractivity contribution in [1.82, 2.24) is 45.6 Å². The molecule has 0 radical (unpaired) electrons. The van der Waals surface area contributed by atoms with E-state index >= 15 is 0 Å². The zero-order valence-electron chi connectivity index (χ0n) is 51.2. The quantitative estimate of drug-likeness (QED) is 0.0869. The summed E-state index contributed by atoms with van der Waals surface area (Å²) in [6.45, 7) is 15.3. The zero-order valence-corrected chi connectivity index (χ0v) is 51.2. The van der Waals surface area contributed by atoms with Crippen molar-refractivity contribution in [3.63, 3.8) is 0 Å². The fourth-order valence-electron chi connectivity index (χ4n) is 14.3. The smallest absolute Gasteiger partial charge is 0.287 e. The van der Waals surface area contributed by atoms with Gasteiger partial charge in [0.25, 0.3) is 17.7 Å². The van der Waals surface area contributed by atoms with Crippen LogP contribution in [0.25, 0.3) is 32.9 Å². The van der Waals surface area contributed by atoms with Crippen LogP contribution in [0.15, 0.2) is 86.8 Å². The molecule has 5 aliphatic heterocycles. The van der Waals surface area contributed by atoms with Crippen LogP contribution in [0, 0.1) is 39.9 Å². The molecule has 6 aromatic rings. The number of nitrogens with one attached hydrogen (secondary N) is 3. The van der Waals surface area contributed by atoms with E-state index in [2.05, 4.69) is 35.8 Å². The molecule has 5 saturated heterocycles. The SMILES string of the molecule is CC(C)(C)OCC(=O)N1CCC2(CC1)CC2CNC(=O)c1cc2ccncc2o1.O=C(NCC1CC12CCN(C(=O)CC1CCCO1)CC2)c1cc2ccncc2o1.O=C(NCC1CC12CCN(C(=O)CC1CCOCC1)CC2)c1cc2ccncc2o1. The van der Waals surface area contributed by atoms with Crippen LogP contribution < -0.4 is 16.0 Å². The number of likely N-dealkylation sites (tertiary alicyclic amines) is 3. The van der Waals surface area contributed by atoms with Gasteiger partial charge in [0.05, 0.1) is 36.7 Å². The van der Waals surface area contributed by atoms with Crippen LogP contribution in [0.3, 0.4) is 0 Å². The molecule has 88 heavy (non-hydrogen) atoms. The van der Waals surface area contributed by atoms with Crippen molar-refractivity contribution in [1.29, 1.82) is 0 Å². The van der Waals surface area contributed by atoms with Crippen LogP contribution in [0.5, 0.6) is 0 Å². The number of furan rings is 3. The van der Waals surface area contributed by atoms with Gasteiger partial charge in [0, 0.05) is 120 Å². The van der Waals surface area contributed by atoms with E-state index in [1.807, 2.05) is 48.8 Å². The number of nitrogens with zero attached hydrogens (tertiary/aromatic N) is 6. The molecule has 3 saturated carbocycles. The average Bonchev–Trinajstić information content (AvgIpc) is 1.73. The van der Waals surface area contributed by atoms with Gasteiger partial charge in [-0.25, -0.2) is 0 Å². The van der Waals surface area contributed by atoms with E-state index in [1.54, 1.807) is 55.4 Å². The van der Waals surface area contributed by atoms with E-state index in [1.165, 1.54) is 0 Å². The summed E-state index contributed by atoms with van der Waals surface area (Å²) in [6, 6.07) is 10.8. The third-order valence-corrected chi connectivity index (χ3v) is 20.4. The lowest BCUT2D eigenvalue weighted by Gasteiger charge is -2.34. The molecular formula is C67H85N9O12. The molecule has 11 heterocycles. The topological polar surface area (TPSA) is 254 Å². The van der Waals surface area contributed by atoms with Gasteiger partial charge in [0.1, 0.15) is 6.61 Å². The van der Waals surface area contributed by atoms with Gasteiger partial charge in [-0.15, -0.1) is 0 Å². The van der Waals surface area contributed by atoms with Crippen LogP contribution >= 0.6 is 0 Å². The van der Waals surface area contributed by atoms with Gasteiger partial charge in [-0.05, 0) is 181 Å². The summed E-state index contributed by atoms with van der Waals surface area (Å²) < 4.78 is 33.4. The van der Waals surface area contributed by atoms with Crippen molar-refractivity contribution in [2.75, 3.05) is 85.3 Å². The number of piperidine rings is 3. The van der Waals surface area contributed by atoms with Crippen LogP contribution in [-0.4, -0.2) is 162 Å². The van der Waals surface area contributed by atoms with Gasteiger partial charge in [0.15, 0.2) is 34.0 Å². The number of fused-ring (bicyclic) bond motifs is 3. The summed E-state index contributed by atoms with van der Waals surface area (Å²) in [5, 5.41) is 11.7. The lowest BCUT2D eigenvalue weighted by Crippen LogP contribution is -2.42. The lowest BCUT2D eigenvalue weighted by atomic mass is 9.89. The normalized spacial score (nSPS) is 23.3. The summed E-state index contributed by atoms with van der Waals surface area (Å²) in [6.07, 6.45) is 24.8. The van der Waals surface area contributed by atoms with Gasteiger partial charge in [-0.3, -0.25) is 43.7 Å². The third kappa shape index (κ3) is 14.6. The number of carbonyl (C=O) groups excluding carboxylic acids is 6. The van der Waals surface area contributed by atoms with E-state index in [-0.39, 0.29) is 53.3 Å². The van der Waals surface area contributed by atoms with Crippen molar-refractivity contribution in [2.45, 2.75) is 129 Å². The first-order valence-corrected chi connectivity index (χ1v) is 32.0. The molecule has 4 unspecified atom stereocenters. The number of hydrogen-bond donors (Lipinski definition) is 3. The standard InChI is InChI=1S/C23H29N3O4.C22H27N3O4.C22H29N3O4/c27-21(11-16-2-9-29-10-3-16)26-7-4-23(5-8-26)13-18(23)14-25-22(28)19-12-17-1-6-24-15-20(17)30-19;26-20(11-17-2-1-9-28-17)25-7-4-22(5-8-25)12-16(22)13-24-21(27)18-10-15-3-6-23-14-19(15)29-18;1-21(2,3)28-14-19(26)25-8-5-22(6-9-25)11-16(22)12-24-20(27)17-10-15-4-7-23-13-18(15)29-17/h1,6,12,15-16,18H,2-5,7-11,13-14H2,(H,25,28);3,6,10,14,16-17H,1-2,4-5,7-9,11-13H2,(H,24,27);4,7,10,13,16H,5-6,8-9,11-12,14H2,1-3H3,(H,24,27). The third-order valence-electron chi connectivity index (χ3n) is 20.4. The fraction of sp³-hybridized carbons (Fsp3) is 0.597. The van der Waals surface area contributed by atoms with Gasteiger partial charge in [0.2, 0.25) is 17.7 Å². The number of hydrogen-bond acceptors (Lipinski definition) is 15. The van der Waals surface area contributed by atoms with Crippen molar-refractivity contribution < 1.29 is 56.2 Å². The summed E-state index contributed by atoms with van der Waals surface area (Å²) in [7, 11) is 0. The largest absolute Gasteiger partial charge is 0.449 e. The number of rotatable bonds is 15. The maximum Gasteiger partial charge on any atom is 0.287 e. The monoisotopic (exact) mass is 1210 g/mol. The molecule has 8 fully saturated rings. The van der Waals surface area contributed by atoms with Crippen LogP contribution in [0.1, 0.15) is 149 Å². The predicted octanol–water partition coefficient (Wildman–Crippen LogP) is 8.76. The highest BCUT2D eigenvalue weighted by Crippen LogP contribution is 2.61. The van der Waals surface area contributed by atoms with E-state index in [4.69, 9.17) is 27.5 Å². The number of amides is 6. The molecule has 14 rings (SSSR count). The Morgan fingerprint density at radius 2 is 0.920 bits per heavy atom. The minimum Gasteiger partial charge on any atom is -0.449 e. The van der Waals surface area contributed by atoms with Gasteiger partial charge < -0.3 is 58.1 Å². The molecule has 21 heteroatoms. The van der Waals surface area contributed by atoms with Crippen LogP contribution in [0.4, 0.5) is 0 Å².